The lowest BCUT2D eigenvalue weighted by Gasteiger charge is -2.15. The molecule has 0 bridgehead atoms. The van der Waals surface area contributed by atoms with Gasteiger partial charge in [0, 0.05) is 6.04 Å². The quantitative estimate of drug-likeness (QED) is 0.350. The van der Waals surface area contributed by atoms with Crippen LogP contribution in [-0.2, 0) is 4.79 Å². The number of carbonyl (C=O) groups is 1. The van der Waals surface area contributed by atoms with Crippen molar-refractivity contribution in [3.8, 4) is 0 Å². The first-order chi connectivity index (χ1) is 5.56. The van der Waals surface area contributed by atoms with Crippen molar-refractivity contribution in [3.63, 3.8) is 0 Å². The minimum absolute atomic E-state index is 0.00736. The maximum Gasteiger partial charge on any atom is 0.305 e. The molecule has 5 nitrogen and oxygen atoms in total. The van der Waals surface area contributed by atoms with Crippen molar-refractivity contribution in [2.24, 2.45) is 5.73 Å². The van der Waals surface area contributed by atoms with Crippen molar-refractivity contribution >= 4 is 11.9 Å². The molecule has 0 aliphatic carbocycles. The van der Waals surface area contributed by atoms with E-state index in [9.17, 15) is 4.79 Å². The molecule has 0 fully saturated rings. The summed E-state index contributed by atoms with van der Waals surface area (Å²) in [5, 5.41) is 18.0. The molecule has 0 unspecified atom stereocenters. The van der Waals surface area contributed by atoms with Crippen LogP contribution in [0.1, 0.15) is 26.2 Å². The molecular formula is C7H15N3O2. The predicted octanol–water partition coefficient (Wildman–Crippen LogP) is 0.113. The smallest absolute Gasteiger partial charge is 0.305 e. The van der Waals surface area contributed by atoms with E-state index in [1.165, 1.54) is 0 Å². The van der Waals surface area contributed by atoms with Crippen LogP contribution in [0, 0.1) is 5.41 Å². The molecule has 0 rings (SSSR count). The van der Waals surface area contributed by atoms with E-state index >= 15 is 0 Å². The van der Waals surface area contributed by atoms with Crippen molar-refractivity contribution in [1.29, 1.82) is 5.41 Å². The number of nitrogens with two attached hydrogens (primary N) is 1. The van der Waals surface area contributed by atoms with Gasteiger partial charge in [0.05, 0.1) is 6.42 Å². The average molecular weight is 173 g/mol. The van der Waals surface area contributed by atoms with Crippen molar-refractivity contribution in [2.45, 2.75) is 32.2 Å². The second-order valence-corrected chi connectivity index (χ2v) is 2.64. The van der Waals surface area contributed by atoms with E-state index in [2.05, 4.69) is 5.32 Å². The average Bonchev–Trinajstić information content (AvgIpc) is 1.84. The fourth-order valence-corrected chi connectivity index (χ4v) is 1.00. The first-order valence-corrected chi connectivity index (χ1v) is 3.88. The summed E-state index contributed by atoms with van der Waals surface area (Å²) in [6.07, 6.45) is 1.59. The minimum atomic E-state index is -0.873. The highest BCUT2D eigenvalue weighted by Gasteiger charge is 2.11. The van der Waals surface area contributed by atoms with Gasteiger partial charge in [-0.2, -0.15) is 0 Å². The maximum absolute atomic E-state index is 10.3. The van der Waals surface area contributed by atoms with Gasteiger partial charge in [0.2, 0.25) is 0 Å². The molecule has 0 aliphatic heterocycles. The van der Waals surface area contributed by atoms with Crippen LogP contribution in [0.3, 0.4) is 0 Å². The normalized spacial score (nSPS) is 12.1. The van der Waals surface area contributed by atoms with Gasteiger partial charge in [-0.15, -0.1) is 0 Å². The molecule has 0 heterocycles. The summed E-state index contributed by atoms with van der Waals surface area (Å²) in [4.78, 5) is 10.3. The van der Waals surface area contributed by atoms with Crippen LogP contribution in [0.2, 0.25) is 0 Å². The summed E-state index contributed by atoms with van der Waals surface area (Å²) < 4.78 is 0. The lowest BCUT2D eigenvalue weighted by molar-refractivity contribution is -0.137. The number of carboxylic acids is 1. The summed E-state index contributed by atoms with van der Waals surface area (Å²) in [6, 6.07) is -0.218. The summed E-state index contributed by atoms with van der Waals surface area (Å²) >= 11 is 0. The van der Waals surface area contributed by atoms with Crippen molar-refractivity contribution in [3.05, 3.63) is 0 Å². The standard InChI is InChI=1S/C7H15N3O2/c1-2-3-5(4-6(11)12)10-7(8)9/h5H,2-4H2,1H3,(H,11,12)(H4,8,9,10)/t5-/m0/s1. The number of nitrogens with one attached hydrogen (secondary N) is 2. The summed E-state index contributed by atoms with van der Waals surface area (Å²) in [5.74, 6) is -1.04. The summed E-state index contributed by atoms with van der Waals surface area (Å²) in [5.41, 5.74) is 5.08. The van der Waals surface area contributed by atoms with Gasteiger partial charge in [0.25, 0.3) is 0 Å². The Morgan fingerprint density at radius 2 is 2.33 bits per heavy atom. The Kier molecular flexibility index (Phi) is 4.83. The molecule has 0 aromatic heterocycles. The van der Waals surface area contributed by atoms with Gasteiger partial charge in [-0.05, 0) is 6.42 Å². The molecular weight excluding hydrogens is 158 g/mol. The number of aliphatic carboxylic acids is 1. The highest BCUT2D eigenvalue weighted by molar-refractivity contribution is 5.76. The van der Waals surface area contributed by atoms with Crippen molar-refractivity contribution in [2.75, 3.05) is 0 Å². The second kappa shape index (κ2) is 5.40. The summed E-state index contributed by atoms with van der Waals surface area (Å²) in [6.45, 7) is 1.96. The maximum atomic E-state index is 10.3. The molecule has 0 aromatic rings. The van der Waals surface area contributed by atoms with E-state index in [1.807, 2.05) is 6.92 Å². The zero-order chi connectivity index (χ0) is 9.56. The molecule has 0 aromatic carbocycles. The third kappa shape index (κ3) is 5.52. The fourth-order valence-electron chi connectivity index (χ4n) is 1.00. The van der Waals surface area contributed by atoms with Gasteiger partial charge in [0.15, 0.2) is 5.96 Å². The van der Waals surface area contributed by atoms with Crippen LogP contribution in [0.5, 0.6) is 0 Å². The summed E-state index contributed by atoms with van der Waals surface area (Å²) in [7, 11) is 0. The molecule has 0 saturated carbocycles. The Hall–Kier alpha value is -1.26. The van der Waals surface area contributed by atoms with E-state index in [0.29, 0.717) is 6.42 Å². The third-order valence-electron chi connectivity index (χ3n) is 1.42. The number of hydrogen-bond donors (Lipinski definition) is 4. The Morgan fingerprint density at radius 3 is 2.67 bits per heavy atom. The first kappa shape index (κ1) is 10.7. The van der Waals surface area contributed by atoms with E-state index in [1.54, 1.807) is 0 Å². The Balaban J connectivity index is 3.85. The predicted molar refractivity (Wildman–Crippen MR) is 46.0 cm³/mol. The van der Waals surface area contributed by atoms with Crippen LogP contribution in [0.15, 0.2) is 0 Å². The van der Waals surface area contributed by atoms with E-state index in [4.69, 9.17) is 16.2 Å². The largest absolute Gasteiger partial charge is 0.481 e. The highest BCUT2D eigenvalue weighted by Crippen LogP contribution is 2.00. The molecule has 70 valence electrons. The topological polar surface area (TPSA) is 99.2 Å². The molecule has 0 amide bonds. The van der Waals surface area contributed by atoms with Gasteiger partial charge in [0.1, 0.15) is 0 Å². The molecule has 5 heteroatoms. The van der Waals surface area contributed by atoms with Crippen LogP contribution in [0.4, 0.5) is 0 Å². The third-order valence-corrected chi connectivity index (χ3v) is 1.42. The van der Waals surface area contributed by atoms with Crippen LogP contribution >= 0.6 is 0 Å². The van der Waals surface area contributed by atoms with E-state index in [-0.39, 0.29) is 18.4 Å². The number of guanidine groups is 1. The zero-order valence-corrected chi connectivity index (χ0v) is 7.13. The molecule has 1 atom stereocenters. The Morgan fingerprint density at radius 1 is 1.75 bits per heavy atom. The van der Waals surface area contributed by atoms with Gasteiger partial charge >= 0.3 is 5.97 Å². The first-order valence-electron chi connectivity index (χ1n) is 3.88. The van der Waals surface area contributed by atoms with Crippen molar-refractivity contribution < 1.29 is 9.90 Å². The monoisotopic (exact) mass is 173 g/mol. The lowest BCUT2D eigenvalue weighted by Crippen LogP contribution is -2.40. The highest BCUT2D eigenvalue weighted by atomic mass is 16.4. The Bertz CT molecular complexity index is 154. The molecule has 0 spiro atoms. The molecule has 12 heavy (non-hydrogen) atoms. The number of hydrogen-bond acceptors (Lipinski definition) is 2. The molecule has 0 aliphatic rings. The van der Waals surface area contributed by atoms with Crippen LogP contribution < -0.4 is 11.1 Å². The molecule has 5 N–H and O–H groups in total. The van der Waals surface area contributed by atoms with Crippen LogP contribution in [-0.4, -0.2) is 23.1 Å². The fraction of sp³-hybridized carbons (Fsp3) is 0.714. The lowest BCUT2D eigenvalue weighted by atomic mass is 10.1. The number of carboxylic acid groups (broad SMARTS) is 1. The van der Waals surface area contributed by atoms with Crippen LogP contribution in [0.25, 0.3) is 0 Å². The minimum Gasteiger partial charge on any atom is -0.481 e. The van der Waals surface area contributed by atoms with E-state index < -0.39 is 5.97 Å². The molecule has 0 saturated heterocycles. The van der Waals surface area contributed by atoms with Gasteiger partial charge in [-0.25, -0.2) is 0 Å². The van der Waals surface area contributed by atoms with Gasteiger partial charge in [-0.3, -0.25) is 10.2 Å². The van der Waals surface area contributed by atoms with Crippen molar-refractivity contribution in [1.82, 2.24) is 5.32 Å². The Labute approximate surface area is 71.5 Å². The molecule has 0 radical (unpaired) electrons. The van der Waals surface area contributed by atoms with Gasteiger partial charge < -0.3 is 16.2 Å². The van der Waals surface area contributed by atoms with E-state index in [0.717, 1.165) is 6.42 Å². The zero-order valence-electron chi connectivity index (χ0n) is 7.13. The second-order valence-electron chi connectivity index (χ2n) is 2.64. The van der Waals surface area contributed by atoms with Gasteiger partial charge in [-0.1, -0.05) is 13.3 Å². The number of rotatable bonds is 5. The SMILES string of the molecule is CCC[C@@H](CC(=O)O)NC(=N)N.